The van der Waals surface area contributed by atoms with Crippen LogP contribution in [0.5, 0.6) is 0 Å². The third kappa shape index (κ3) is 5.22. The molecule has 0 aliphatic heterocycles. The van der Waals surface area contributed by atoms with Crippen LogP contribution in [-0.4, -0.2) is 31.4 Å². The molecule has 0 saturated carbocycles. The van der Waals surface area contributed by atoms with Crippen LogP contribution in [0.2, 0.25) is 10.0 Å². The maximum Gasteiger partial charge on any atom is 0.332 e. The van der Waals surface area contributed by atoms with Crippen LogP contribution in [0.3, 0.4) is 0 Å². The second-order valence-electron chi connectivity index (χ2n) is 8.12. The van der Waals surface area contributed by atoms with Crippen molar-refractivity contribution in [1.82, 2.24) is 18.7 Å². The van der Waals surface area contributed by atoms with Crippen LogP contribution in [-0.2, 0) is 43.3 Å². The van der Waals surface area contributed by atoms with Gasteiger partial charge in [-0.3, -0.25) is 13.9 Å². The average Bonchev–Trinajstić information content (AvgIpc) is 3.26. The fourth-order valence-corrected chi connectivity index (χ4v) is 4.18. The first kappa shape index (κ1) is 26.0. The monoisotopic (exact) mass is 538 g/mol. The standard InChI is InChI=1S/C24H22Cl2F2N4O4/c1-30-22-21(23(33)31(2)24(30)34)32(13-29-22)9-14(36-12-16-18(26)6-4-8-20(16)28)10-35-11-15-17(25)5-3-7-19(15)27/h3-8,13-14H,9-12H2,1-2H3. The number of rotatable bonds is 9. The number of ether oxygens (including phenoxy) is 2. The van der Waals surface area contributed by atoms with Crippen molar-refractivity contribution in [2.75, 3.05) is 6.61 Å². The summed E-state index contributed by atoms with van der Waals surface area (Å²) in [6, 6.07) is 8.61. The summed E-state index contributed by atoms with van der Waals surface area (Å²) < 4.78 is 43.8. The zero-order valence-corrected chi connectivity index (χ0v) is 20.9. The van der Waals surface area contributed by atoms with Gasteiger partial charge in [-0.05, 0) is 24.3 Å². The minimum absolute atomic E-state index is 0.0531. The Morgan fingerprint density at radius 2 is 1.56 bits per heavy atom. The summed E-state index contributed by atoms with van der Waals surface area (Å²) in [5.74, 6) is -1.04. The lowest BCUT2D eigenvalue weighted by molar-refractivity contribution is -0.0379. The summed E-state index contributed by atoms with van der Waals surface area (Å²) in [6.07, 6.45) is 0.677. The van der Waals surface area contributed by atoms with E-state index in [1.165, 1.54) is 53.8 Å². The summed E-state index contributed by atoms with van der Waals surface area (Å²) in [5, 5.41) is 0.417. The molecule has 0 saturated heterocycles. The van der Waals surface area contributed by atoms with Crippen LogP contribution in [0.4, 0.5) is 8.78 Å². The van der Waals surface area contributed by atoms with E-state index in [0.29, 0.717) is 0 Å². The largest absolute Gasteiger partial charge is 0.374 e. The lowest BCUT2D eigenvalue weighted by Gasteiger charge is -2.20. The smallest absolute Gasteiger partial charge is 0.332 e. The molecule has 4 aromatic rings. The highest BCUT2D eigenvalue weighted by Crippen LogP contribution is 2.22. The van der Waals surface area contributed by atoms with Crippen molar-refractivity contribution in [3.63, 3.8) is 0 Å². The van der Waals surface area contributed by atoms with Gasteiger partial charge in [0.2, 0.25) is 0 Å². The van der Waals surface area contributed by atoms with Crippen molar-refractivity contribution >= 4 is 34.4 Å². The van der Waals surface area contributed by atoms with E-state index in [1.807, 2.05) is 0 Å². The van der Waals surface area contributed by atoms with E-state index in [-0.39, 0.29) is 58.7 Å². The van der Waals surface area contributed by atoms with Gasteiger partial charge in [-0.1, -0.05) is 35.3 Å². The molecule has 0 aliphatic rings. The maximum atomic E-state index is 14.3. The van der Waals surface area contributed by atoms with E-state index in [0.717, 1.165) is 4.57 Å². The summed E-state index contributed by atoms with van der Waals surface area (Å²) in [7, 11) is 2.88. The molecule has 0 spiro atoms. The van der Waals surface area contributed by atoms with Crippen LogP contribution in [0.15, 0.2) is 52.3 Å². The molecular formula is C24H22Cl2F2N4O4. The molecular weight excluding hydrogens is 517 g/mol. The molecule has 4 rings (SSSR count). The first-order valence-electron chi connectivity index (χ1n) is 10.8. The highest BCUT2D eigenvalue weighted by atomic mass is 35.5. The second-order valence-corrected chi connectivity index (χ2v) is 8.94. The highest BCUT2D eigenvalue weighted by Gasteiger charge is 2.20. The Labute approximate surface area is 214 Å². The van der Waals surface area contributed by atoms with E-state index in [4.69, 9.17) is 32.7 Å². The molecule has 2 aromatic heterocycles. The summed E-state index contributed by atoms with van der Waals surface area (Å²) in [5.41, 5.74) is -0.292. The molecule has 190 valence electrons. The van der Waals surface area contributed by atoms with Gasteiger partial charge in [-0.25, -0.2) is 18.6 Å². The molecule has 2 aromatic carbocycles. The molecule has 0 radical (unpaired) electrons. The van der Waals surface area contributed by atoms with Gasteiger partial charge in [0.15, 0.2) is 11.2 Å². The molecule has 0 fully saturated rings. The second kappa shape index (κ2) is 10.9. The summed E-state index contributed by atoms with van der Waals surface area (Å²) in [4.78, 5) is 29.2. The van der Waals surface area contributed by atoms with Gasteiger partial charge in [-0.2, -0.15) is 0 Å². The fraction of sp³-hybridized carbons (Fsp3) is 0.292. The average molecular weight is 539 g/mol. The topological polar surface area (TPSA) is 80.3 Å². The highest BCUT2D eigenvalue weighted by molar-refractivity contribution is 6.31. The van der Waals surface area contributed by atoms with E-state index in [1.54, 1.807) is 12.1 Å². The molecule has 12 heteroatoms. The van der Waals surface area contributed by atoms with Crippen molar-refractivity contribution in [2.24, 2.45) is 14.1 Å². The van der Waals surface area contributed by atoms with Crippen LogP contribution < -0.4 is 11.2 Å². The van der Waals surface area contributed by atoms with E-state index >= 15 is 0 Å². The Kier molecular flexibility index (Phi) is 7.89. The van der Waals surface area contributed by atoms with Gasteiger partial charge in [0.25, 0.3) is 5.56 Å². The number of imidazole rings is 1. The van der Waals surface area contributed by atoms with Gasteiger partial charge in [0, 0.05) is 35.3 Å². The van der Waals surface area contributed by atoms with Crippen LogP contribution in [0, 0.1) is 11.6 Å². The van der Waals surface area contributed by atoms with Crippen molar-refractivity contribution in [3.05, 3.63) is 96.4 Å². The van der Waals surface area contributed by atoms with Gasteiger partial charge in [-0.15, -0.1) is 0 Å². The zero-order chi connectivity index (χ0) is 26.0. The maximum absolute atomic E-state index is 14.3. The van der Waals surface area contributed by atoms with Crippen molar-refractivity contribution in [2.45, 2.75) is 25.9 Å². The molecule has 1 unspecified atom stereocenters. The summed E-state index contributed by atoms with van der Waals surface area (Å²) >= 11 is 12.2. The number of fused-ring (bicyclic) bond motifs is 1. The molecule has 2 heterocycles. The van der Waals surface area contributed by atoms with E-state index < -0.39 is 29.0 Å². The number of nitrogens with zero attached hydrogens (tertiary/aromatic N) is 4. The third-order valence-electron chi connectivity index (χ3n) is 5.75. The van der Waals surface area contributed by atoms with Gasteiger partial charge in [0.1, 0.15) is 11.6 Å². The SMILES string of the molecule is Cn1c(=O)c2c(ncn2CC(COCc2c(F)cccc2Cl)OCc2c(F)cccc2Cl)n(C)c1=O. The summed E-state index contributed by atoms with van der Waals surface area (Å²) in [6.45, 7) is -0.292. The number of aryl methyl sites for hydroxylation is 1. The zero-order valence-electron chi connectivity index (χ0n) is 19.4. The quantitative estimate of drug-likeness (QED) is 0.323. The minimum atomic E-state index is -0.731. The molecule has 0 N–H and O–H groups in total. The number of halogens is 4. The van der Waals surface area contributed by atoms with Crippen LogP contribution in [0.25, 0.3) is 11.2 Å². The fourth-order valence-electron chi connectivity index (χ4n) is 3.74. The predicted molar refractivity (Wildman–Crippen MR) is 131 cm³/mol. The molecule has 0 amide bonds. The number of hydrogen-bond acceptors (Lipinski definition) is 5. The normalized spacial score (nSPS) is 12.4. The van der Waals surface area contributed by atoms with Crippen molar-refractivity contribution in [3.8, 4) is 0 Å². The molecule has 0 bridgehead atoms. The number of hydrogen-bond donors (Lipinski definition) is 0. The lowest BCUT2D eigenvalue weighted by atomic mass is 10.2. The Morgan fingerprint density at radius 3 is 2.17 bits per heavy atom. The van der Waals surface area contributed by atoms with Gasteiger partial charge in [0.05, 0.1) is 38.8 Å². The van der Waals surface area contributed by atoms with Gasteiger partial charge >= 0.3 is 5.69 Å². The molecule has 0 aliphatic carbocycles. The molecule has 8 nitrogen and oxygen atoms in total. The predicted octanol–water partition coefficient (Wildman–Crippen LogP) is 3.82. The Hall–Kier alpha value is -3.05. The Morgan fingerprint density at radius 1 is 0.944 bits per heavy atom. The van der Waals surface area contributed by atoms with Crippen molar-refractivity contribution < 1.29 is 18.3 Å². The van der Waals surface area contributed by atoms with E-state index in [9.17, 15) is 18.4 Å². The molecule has 36 heavy (non-hydrogen) atoms. The van der Waals surface area contributed by atoms with Crippen molar-refractivity contribution in [1.29, 1.82) is 0 Å². The molecule has 1 atom stereocenters. The first-order chi connectivity index (χ1) is 17.2. The number of aromatic nitrogens is 4. The third-order valence-corrected chi connectivity index (χ3v) is 6.46. The van der Waals surface area contributed by atoms with Crippen LogP contribution in [0.1, 0.15) is 11.1 Å². The van der Waals surface area contributed by atoms with Gasteiger partial charge < -0.3 is 14.0 Å². The van der Waals surface area contributed by atoms with Crippen LogP contribution >= 0.6 is 23.2 Å². The first-order valence-corrected chi connectivity index (χ1v) is 11.6. The minimum Gasteiger partial charge on any atom is -0.374 e. The lowest BCUT2D eigenvalue weighted by Crippen LogP contribution is -2.38. The Bertz CT molecular complexity index is 1490. The number of benzene rings is 2. The van der Waals surface area contributed by atoms with E-state index in [2.05, 4.69) is 4.98 Å². The Balaban J connectivity index is 1.60.